The lowest BCUT2D eigenvalue weighted by Gasteiger charge is -2.39. The van der Waals surface area contributed by atoms with Crippen LogP contribution in [-0.4, -0.2) is 74.7 Å². The number of carbonyl (C=O) groups excluding carboxylic acids is 1. The van der Waals surface area contributed by atoms with E-state index in [9.17, 15) is 4.79 Å². The number of hydrogen-bond donors (Lipinski definition) is 0. The second kappa shape index (κ2) is 7.79. The van der Waals surface area contributed by atoms with Crippen molar-refractivity contribution in [2.45, 2.75) is 18.9 Å². The van der Waals surface area contributed by atoms with E-state index in [4.69, 9.17) is 4.74 Å². The highest BCUT2D eigenvalue weighted by Gasteiger charge is 2.27. The minimum atomic E-state index is 0.229. The summed E-state index contributed by atoms with van der Waals surface area (Å²) < 4.78 is 5.35. The van der Waals surface area contributed by atoms with Gasteiger partial charge in [-0.05, 0) is 25.0 Å². The topological polar surface area (TPSA) is 36.0 Å². The summed E-state index contributed by atoms with van der Waals surface area (Å²) in [5.41, 5.74) is 1.26. The van der Waals surface area contributed by atoms with Gasteiger partial charge in [0.2, 0.25) is 5.91 Å². The Labute approximate surface area is 138 Å². The van der Waals surface area contributed by atoms with Crippen LogP contribution in [-0.2, 0) is 9.53 Å². The summed E-state index contributed by atoms with van der Waals surface area (Å²) in [6.07, 6.45) is 2.23. The summed E-state index contributed by atoms with van der Waals surface area (Å²) in [4.78, 5) is 19.1. The first-order valence-electron chi connectivity index (χ1n) is 8.60. The van der Waals surface area contributed by atoms with Gasteiger partial charge in [0.1, 0.15) is 0 Å². The van der Waals surface area contributed by atoms with Crippen LogP contribution in [0.25, 0.3) is 0 Å². The van der Waals surface area contributed by atoms with Crippen LogP contribution in [0.15, 0.2) is 30.3 Å². The van der Waals surface area contributed by atoms with Gasteiger partial charge in [-0.25, -0.2) is 0 Å². The van der Waals surface area contributed by atoms with Gasteiger partial charge in [-0.3, -0.25) is 9.69 Å². The number of anilines is 1. The van der Waals surface area contributed by atoms with Gasteiger partial charge >= 0.3 is 0 Å². The number of carbonyl (C=O) groups is 1. The Morgan fingerprint density at radius 1 is 1.22 bits per heavy atom. The number of morpholine rings is 1. The molecule has 1 unspecified atom stereocenters. The molecule has 1 aromatic carbocycles. The summed E-state index contributed by atoms with van der Waals surface area (Å²) in [5, 5.41) is 0. The van der Waals surface area contributed by atoms with Crippen molar-refractivity contribution in [1.82, 2.24) is 9.80 Å². The number of hydrogen-bond acceptors (Lipinski definition) is 4. The molecule has 2 fully saturated rings. The molecular formula is C18H27N3O2. The maximum Gasteiger partial charge on any atom is 0.236 e. The molecule has 126 valence electrons. The number of rotatable bonds is 4. The SMILES string of the molecule is CN(C(=O)CN1CCOCC1)C1CCCN(c2ccccc2)C1. The lowest BCUT2D eigenvalue weighted by molar-refractivity contribution is -0.134. The van der Waals surface area contributed by atoms with Gasteiger partial charge < -0.3 is 14.5 Å². The highest BCUT2D eigenvalue weighted by molar-refractivity contribution is 5.78. The van der Waals surface area contributed by atoms with E-state index in [1.165, 1.54) is 5.69 Å². The van der Waals surface area contributed by atoms with Gasteiger partial charge in [0.25, 0.3) is 0 Å². The third kappa shape index (κ3) is 4.24. The van der Waals surface area contributed by atoms with E-state index >= 15 is 0 Å². The van der Waals surface area contributed by atoms with Crippen LogP contribution in [0.1, 0.15) is 12.8 Å². The van der Waals surface area contributed by atoms with Gasteiger partial charge in [-0.2, -0.15) is 0 Å². The van der Waals surface area contributed by atoms with E-state index in [1.54, 1.807) is 0 Å². The van der Waals surface area contributed by atoms with E-state index in [0.717, 1.165) is 52.2 Å². The maximum atomic E-state index is 12.6. The molecule has 3 rings (SSSR count). The maximum absolute atomic E-state index is 12.6. The Bertz CT molecular complexity index is 502. The molecule has 5 heteroatoms. The molecule has 0 aliphatic carbocycles. The van der Waals surface area contributed by atoms with Gasteiger partial charge in [0.05, 0.1) is 19.8 Å². The summed E-state index contributed by atoms with van der Waals surface area (Å²) in [6, 6.07) is 10.8. The third-order valence-corrected chi connectivity index (χ3v) is 4.92. The van der Waals surface area contributed by atoms with Crippen LogP contribution in [0, 0.1) is 0 Å². The number of ether oxygens (including phenoxy) is 1. The smallest absolute Gasteiger partial charge is 0.236 e. The second-order valence-electron chi connectivity index (χ2n) is 6.47. The van der Waals surface area contributed by atoms with Crippen molar-refractivity contribution >= 4 is 11.6 Å². The number of likely N-dealkylation sites (N-methyl/N-ethyl adjacent to an activating group) is 1. The Balaban J connectivity index is 1.55. The van der Waals surface area contributed by atoms with Crippen molar-refractivity contribution in [2.75, 3.05) is 57.9 Å². The number of nitrogens with zero attached hydrogens (tertiary/aromatic N) is 3. The van der Waals surface area contributed by atoms with E-state index in [-0.39, 0.29) is 5.91 Å². The zero-order valence-corrected chi connectivity index (χ0v) is 14.0. The molecular weight excluding hydrogens is 290 g/mol. The molecule has 1 atom stereocenters. The summed E-state index contributed by atoms with van der Waals surface area (Å²) in [5.74, 6) is 0.229. The molecule has 2 heterocycles. The normalized spacial score (nSPS) is 22.8. The third-order valence-electron chi connectivity index (χ3n) is 4.92. The lowest BCUT2D eigenvalue weighted by atomic mass is 10.0. The molecule has 2 aliphatic heterocycles. The highest BCUT2D eigenvalue weighted by Crippen LogP contribution is 2.21. The Morgan fingerprint density at radius 3 is 2.70 bits per heavy atom. The first-order chi connectivity index (χ1) is 11.2. The van der Waals surface area contributed by atoms with E-state index in [0.29, 0.717) is 12.6 Å². The summed E-state index contributed by atoms with van der Waals surface area (Å²) >= 11 is 0. The predicted octanol–water partition coefficient (Wildman–Crippen LogP) is 1.45. The Kier molecular flexibility index (Phi) is 5.51. The highest BCUT2D eigenvalue weighted by atomic mass is 16.5. The molecule has 23 heavy (non-hydrogen) atoms. The van der Waals surface area contributed by atoms with Crippen LogP contribution >= 0.6 is 0 Å². The predicted molar refractivity (Wildman–Crippen MR) is 91.7 cm³/mol. The molecule has 0 aromatic heterocycles. The van der Waals surface area contributed by atoms with Crippen molar-refractivity contribution in [3.05, 3.63) is 30.3 Å². The van der Waals surface area contributed by atoms with Crippen LogP contribution < -0.4 is 4.90 Å². The number of piperidine rings is 1. The van der Waals surface area contributed by atoms with Gasteiger partial charge in [-0.15, -0.1) is 0 Å². The first kappa shape index (κ1) is 16.3. The van der Waals surface area contributed by atoms with Crippen molar-refractivity contribution in [3.8, 4) is 0 Å². The van der Waals surface area contributed by atoms with Crippen LogP contribution in [0.4, 0.5) is 5.69 Å². The molecule has 0 spiro atoms. The fraction of sp³-hybridized carbons (Fsp3) is 0.611. The molecule has 0 N–H and O–H groups in total. The van der Waals surface area contributed by atoms with E-state index in [1.807, 2.05) is 18.0 Å². The molecule has 2 aliphatic rings. The van der Waals surface area contributed by atoms with Crippen molar-refractivity contribution in [3.63, 3.8) is 0 Å². The standard InChI is InChI=1S/C18H27N3O2/c1-19(18(22)15-20-10-12-23-13-11-20)17-8-5-9-21(14-17)16-6-3-2-4-7-16/h2-4,6-7,17H,5,8-15H2,1H3. The number of para-hydroxylation sites is 1. The minimum absolute atomic E-state index is 0.229. The molecule has 2 saturated heterocycles. The zero-order valence-electron chi connectivity index (χ0n) is 14.0. The largest absolute Gasteiger partial charge is 0.379 e. The van der Waals surface area contributed by atoms with E-state index < -0.39 is 0 Å². The molecule has 0 saturated carbocycles. The minimum Gasteiger partial charge on any atom is -0.379 e. The fourth-order valence-electron chi connectivity index (χ4n) is 3.41. The number of benzene rings is 1. The van der Waals surface area contributed by atoms with Crippen molar-refractivity contribution < 1.29 is 9.53 Å². The monoisotopic (exact) mass is 317 g/mol. The Morgan fingerprint density at radius 2 is 1.96 bits per heavy atom. The van der Waals surface area contributed by atoms with Crippen molar-refractivity contribution in [1.29, 1.82) is 0 Å². The molecule has 1 amide bonds. The fourth-order valence-corrected chi connectivity index (χ4v) is 3.41. The lowest BCUT2D eigenvalue weighted by Crippen LogP contribution is -2.51. The summed E-state index contributed by atoms with van der Waals surface area (Å²) in [7, 11) is 1.96. The van der Waals surface area contributed by atoms with Crippen LogP contribution in [0.3, 0.4) is 0 Å². The Hall–Kier alpha value is -1.59. The first-order valence-corrected chi connectivity index (χ1v) is 8.60. The van der Waals surface area contributed by atoms with Crippen molar-refractivity contribution in [2.24, 2.45) is 0 Å². The van der Waals surface area contributed by atoms with Gasteiger partial charge in [0.15, 0.2) is 0 Å². The zero-order chi connectivity index (χ0) is 16.1. The molecule has 1 aromatic rings. The van der Waals surface area contributed by atoms with E-state index in [2.05, 4.69) is 34.1 Å². The van der Waals surface area contributed by atoms with Gasteiger partial charge in [0, 0.05) is 45.0 Å². The molecule has 0 bridgehead atoms. The average molecular weight is 317 g/mol. The van der Waals surface area contributed by atoms with Crippen LogP contribution in [0.2, 0.25) is 0 Å². The molecule has 0 radical (unpaired) electrons. The summed E-state index contributed by atoms with van der Waals surface area (Å²) in [6.45, 7) is 5.72. The second-order valence-corrected chi connectivity index (χ2v) is 6.47. The molecule has 5 nitrogen and oxygen atoms in total. The number of amides is 1. The quantitative estimate of drug-likeness (QED) is 0.842. The average Bonchev–Trinajstić information content (AvgIpc) is 2.63. The van der Waals surface area contributed by atoms with Crippen LogP contribution in [0.5, 0.6) is 0 Å². The van der Waals surface area contributed by atoms with Gasteiger partial charge in [-0.1, -0.05) is 18.2 Å².